The van der Waals surface area contributed by atoms with Gasteiger partial charge < -0.3 is 0 Å². The third-order valence-corrected chi connectivity index (χ3v) is 7.16. The molecule has 0 amide bonds. The second kappa shape index (κ2) is 11.4. The Morgan fingerprint density at radius 1 is 0.667 bits per heavy atom. The lowest BCUT2D eigenvalue weighted by atomic mass is 10.1. The molecule has 6 aromatic rings. The van der Waals surface area contributed by atoms with Crippen LogP contribution in [0.5, 0.6) is 0 Å². The summed E-state index contributed by atoms with van der Waals surface area (Å²) in [6.45, 7) is 3.89. The lowest BCUT2D eigenvalue weighted by Crippen LogP contribution is -2.04. The van der Waals surface area contributed by atoms with Crippen molar-refractivity contribution in [3.8, 4) is 11.4 Å². The van der Waals surface area contributed by atoms with Crippen LogP contribution in [0.15, 0.2) is 102 Å². The van der Waals surface area contributed by atoms with Crippen molar-refractivity contribution >= 4 is 11.8 Å². The quantitative estimate of drug-likeness (QED) is 0.232. The number of aromatic nitrogens is 9. The maximum absolute atomic E-state index is 4.88. The Morgan fingerprint density at radius 2 is 1.26 bits per heavy atom. The van der Waals surface area contributed by atoms with E-state index in [1.54, 1.807) is 11.8 Å². The Balaban J connectivity index is 1.19. The van der Waals surface area contributed by atoms with Gasteiger partial charge in [0.05, 0.1) is 31.5 Å². The van der Waals surface area contributed by atoms with Gasteiger partial charge >= 0.3 is 0 Å². The number of thioether (sulfide) groups is 1. The summed E-state index contributed by atoms with van der Waals surface area (Å²) in [5.41, 5.74) is 6.24. The zero-order valence-electron chi connectivity index (χ0n) is 21.5. The molecule has 0 N–H and O–H groups in total. The largest absolute Gasteiger partial charge is 0.248 e. The molecule has 0 bridgehead atoms. The Bertz CT molecular complexity index is 1640. The van der Waals surface area contributed by atoms with Gasteiger partial charge in [0.2, 0.25) is 0 Å². The van der Waals surface area contributed by atoms with Crippen LogP contribution in [0.4, 0.5) is 0 Å². The first-order valence-corrected chi connectivity index (χ1v) is 13.7. The van der Waals surface area contributed by atoms with E-state index < -0.39 is 0 Å². The summed E-state index contributed by atoms with van der Waals surface area (Å²) in [6.07, 6.45) is 3.95. The first kappa shape index (κ1) is 24.7. The van der Waals surface area contributed by atoms with E-state index in [4.69, 9.17) is 10.1 Å². The molecule has 0 fully saturated rings. The van der Waals surface area contributed by atoms with E-state index in [1.165, 1.54) is 16.7 Å². The van der Waals surface area contributed by atoms with Crippen molar-refractivity contribution in [1.29, 1.82) is 0 Å². The smallest absolute Gasteiger partial charge is 0.187 e. The predicted molar refractivity (Wildman–Crippen MR) is 150 cm³/mol. The van der Waals surface area contributed by atoms with Gasteiger partial charge in [0, 0.05) is 17.5 Å². The molecule has 0 radical (unpaired) electrons. The molecule has 0 saturated carbocycles. The van der Waals surface area contributed by atoms with Gasteiger partial charge in [-0.05, 0) is 18.1 Å². The van der Waals surface area contributed by atoms with Crippen LogP contribution in [0.3, 0.4) is 0 Å². The van der Waals surface area contributed by atoms with Crippen molar-refractivity contribution < 1.29 is 0 Å². The van der Waals surface area contributed by atoms with Gasteiger partial charge in [-0.1, -0.05) is 113 Å². The molecular weight excluding hydrogens is 506 g/mol. The van der Waals surface area contributed by atoms with Gasteiger partial charge in [-0.2, -0.15) is 0 Å². The fourth-order valence-electron chi connectivity index (χ4n) is 4.17. The number of benzene rings is 3. The SMILES string of the molecule is Cc1ccc(-c2nc(SCc3cn(Cc4ccccc4)nn3)n(Cc3cn(Cc4ccccc4)nn3)n2)cc1. The fourth-order valence-corrected chi connectivity index (χ4v) is 4.98. The Hall–Kier alpha value is -4.57. The summed E-state index contributed by atoms with van der Waals surface area (Å²) >= 11 is 1.59. The number of hydrogen-bond donors (Lipinski definition) is 0. The van der Waals surface area contributed by atoms with E-state index >= 15 is 0 Å². The Labute approximate surface area is 230 Å². The minimum atomic E-state index is 0.469. The molecule has 3 heterocycles. The molecular formula is C29H27N9S. The lowest BCUT2D eigenvalue weighted by Gasteiger charge is -2.02. The summed E-state index contributed by atoms with van der Waals surface area (Å²) in [6, 6.07) is 28.7. The standard InChI is InChI=1S/C29H27N9S/c1-22-12-14-25(15-13-22)28-30-29(39-21-27-19-37(35-32-27)17-24-10-6-3-7-11-24)38(33-28)20-26-18-36(34-31-26)16-23-8-4-2-5-9-23/h2-15,18-19H,16-17,20-21H2,1H3. The first-order valence-electron chi connectivity index (χ1n) is 12.7. The molecule has 0 atom stereocenters. The van der Waals surface area contributed by atoms with Gasteiger partial charge in [-0.25, -0.2) is 19.0 Å². The van der Waals surface area contributed by atoms with Crippen LogP contribution in [-0.4, -0.2) is 44.8 Å². The van der Waals surface area contributed by atoms with Crippen LogP contribution < -0.4 is 0 Å². The van der Waals surface area contributed by atoms with E-state index in [2.05, 4.69) is 76.1 Å². The lowest BCUT2D eigenvalue weighted by molar-refractivity contribution is 0.606. The second-order valence-corrected chi connectivity index (χ2v) is 10.3. The Morgan fingerprint density at radius 3 is 1.90 bits per heavy atom. The van der Waals surface area contributed by atoms with Crippen LogP contribution in [0.1, 0.15) is 28.1 Å². The highest BCUT2D eigenvalue weighted by Crippen LogP contribution is 2.25. The Kier molecular flexibility index (Phi) is 7.26. The molecule has 3 aromatic carbocycles. The van der Waals surface area contributed by atoms with E-state index in [9.17, 15) is 0 Å². The van der Waals surface area contributed by atoms with Crippen molar-refractivity contribution in [1.82, 2.24) is 44.8 Å². The topological polar surface area (TPSA) is 92.1 Å². The number of nitrogens with zero attached hydrogens (tertiary/aromatic N) is 9. The van der Waals surface area contributed by atoms with Gasteiger partial charge in [0.25, 0.3) is 0 Å². The normalized spacial score (nSPS) is 11.2. The maximum atomic E-state index is 4.88. The minimum Gasteiger partial charge on any atom is -0.248 e. The molecule has 39 heavy (non-hydrogen) atoms. The highest BCUT2D eigenvalue weighted by molar-refractivity contribution is 7.98. The zero-order chi connectivity index (χ0) is 26.4. The van der Waals surface area contributed by atoms with Gasteiger partial charge in [0.15, 0.2) is 11.0 Å². The molecule has 194 valence electrons. The van der Waals surface area contributed by atoms with Gasteiger partial charge in [0.1, 0.15) is 5.69 Å². The van der Waals surface area contributed by atoms with Crippen LogP contribution >= 0.6 is 11.8 Å². The molecule has 0 aliphatic heterocycles. The molecule has 10 heteroatoms. The van der Waals surface area contributed by atoms with E-state index in [0.29, 0.717) is 31.2 Å². The molecule has 6 rings (SSSR count). The summed E-state index contributed by atoms with van der Waals surface area (Å²) < 4.78 is 5.60. The molecule has 0 aliphatic rings. The van der Waals surface area contributed by atoms with E-state index in [-0.39, 0.29) is 0 Å². The van der Waals surface area contributed by atoms with Crippen molar-refractivity contribution in [2.75, 3.05) is 0 Å². The highest BCUT2D eigenvalue weighted by Gasteiger charge is 2.15. The third-order valence-electron chi connectivity index (χ3n) is 6.16. The van der Waals surface area contributed by atoms with E-state index in [1.807, 2.05) is 62.8 Å². The van der Waals surface area contributed by atoms with Crippen LogP contribution in [0.2, 0.25) is 0 Å². The molecule has 3 aromatic heterocycles. The fraction of sp³-hybridized carbons (Fsp3) is 0.172. The van der Waals surface area contributed by atoms with Crippen LogP contribution in [0.25, 0.3) is 11.4 Å². The van der Waals surface area contributed by atoms with Crippen LogP contribution in [0, 0.1) is 6.92 Å². The summed E-state index contributed by atoms with van der Waals surface area (Å²) in [5, 5.41) is 23.0. The zero-order valence-corrected chi connectivity index (χ0v) is 22.3. The number of rotatable bonds is 10. The van der Waals surface area contributed by atoms with Crippen molar-refractivity contribution in [2.24, 2.45) is 0 Å². The van der Waals surface area contributed by atoms with Crippen molar-refractivity contribution in [3.05, 3.63) is 125 Å². The van der Waals surface area contributed by atoms with E-state index in [0.717, 1.165) is 22.1 Å². The number of aryl methyl sites for hydroxylation is 1. The summed E-state index contributed by atoms with van der Waals surface area (Å²) in [5.74, 6) is 1.31. The third kappa shape index (κ3) is 6.29. The maximum Gasteiger partial charge on any atom is 0.187 e. The monoisotopic (exact) mass is 533 g/mol. The summed E-state index contributed by atoms with van der Waals surface area (Å²) in [7, 11) is 0. The average molecular weight is 534 g/mol. The molecule has 0 saturated heterocycles. The minimum absolute atomic E-state index is 0.469. The summed E-state index contributed by atoms with van der Waals surface area (Å²) in [4.78, 5) is 4.88. The predicted octanol–water partition coefficient (Wildman–Crippen LogP) is 4.87. The molecule has 0 unspecified atom stereocenters. The van der Waals surface area contributed by atoms with Gasteiger partial charge in [-0.3, -0.25) is 0 Å². The molecule has 9 nitrogen and oxygen atoms in total. The molecule has 0 spiro atoms. The second-order valence-electron chi connectivity index (χ2n) is 9.32. The van der Waals surface area contributed by atoms with Crippen molar-refractivity contribution in [2.45, 2.75) is 37.5 Å². The average Bonchev–Trinajstić information content (AvgIpc) is 3.70. The van der Waals surface area contributed by atoms with Crippen LogP contribution in [-0.2, 0) is 25.4 Å². The number of hydrogen-bond acceptors (Lipinski definition) is 7. The van der Waals surface area contributed by atoms with Gasteiger partial charge in [-0.15, -0.1) is 15.3 Å². The van der Waals surface area contributed by atoms with Crippen molar-refractivity contribution in [3.63, 3.8) is 0 Å². The highest BCUT2D eigenvalue weighted by atomic mass is 32.2. The first-order chi connectivity index (χ1) is 19.2. The molecule has 0 aliphatic carbocycles.